The lowest BCUT2D eigenvalue weighted by atomic mass is 9.67. The first-order valence-corrected chi connectivity index (χ1v) is 24.6. The average molecular weight is 1020 g/mol. The predicted octanol–water partition coefficient (Wildman–Crippen LogP) is 5.24. The van der Waals surface area contributed by atoms with Crippen molar-refractivity contribution < 1.29 is 47.4 Å². The van der Waals surface area contributed by atoms with Crippen LogP contribution in [0.3, 0.4) is 0 Å². The molecule has 6 rings (SSSR count). The number of ether oxygens (including phenoxy) is 3. The number of methoxy groups -OCH3 is 1. The van der Waals surface area contributed by atoms with E-state index in [-0.39, 0.29) is 42.9 Å². The molecule has 1 aliphatic carbocycles. The van der Waals surface area contributed by atoms with Crippen molar-refractivity contribution in [2.24, 2.45) is 21.1 Å². The number of carbonyl (C=O) groups is 6. The minimum absolute atomic E-state index is 0.0588. The van der Waals surface area contributed by atoms with Gasteiger partial charge in [-0.15, -0.1) is 0 Å². The zero-order chi connectivity index (χ0) is 51.5. The van der Waals surface area contributed by atoms with Crippen molar-refractivity contribution in [2.75, 3.05) is 76.8 Å². The number of aryl methyl sites for hydroxylation is 1. The number of amides is 7. The summed E-state index contributed by atoms with van der Waals surface area (Å²) in [6.07, 6.45) is 8.24. The van der Waals surface area contributed by atoms with Crippen molar-refractivity contribution in [3.05, 3.63) is 94.3 Å². The standard InChI is InChI=1S/C51H64ClFN10O9/c1-34-29-42(70-2)43(72-26-8-22-62-24-27-71-28-25-62)31-38(34)46(59-37-14-15-40(53)39(52)30-37)58-33-55-32-35-10-12-36(13-11-35)60-47(66)41(9-6-21-57-50(54)69)61-49(68)51(18-7-19-51)48(67)56-20-4-3-5-23-63-44(64)16-17-45(63)65/h10-17,29-31,33,41H,3-9,18-28,32H2,1-2H3,(H,56,67)(H,60,66)(H,61,68)(H3,54,57,69)(H,55,58,59)/t41-/m0/s1. The maximum absolute atomic E-state index is 14.1. The smallest absolute Gasteiger partial charge is 0.312 e. The summed E-state index contributed by atoms with van der Waals surface area (Å²) in [6, 6.07) is 13.2. The number of anilines is 2. The van der Waals surface area contributed by atoms with Crippen LogP contribution < -0.4 is 41.8 Å². The molecule has 386 valence electrons. The number of rotatable bonds is 26. The number of hydrogen-bond acceptors (Lipinski definition) is 11. The average Bonchev–Trinajstić information content (AvgIpc) is 3.67. The van der Waals surface area contributed by atoms with Crippen molar-refractivity contribution in [3.63, 3.8) is 0 Å². The van der Waals surface area contributed by atoms with Gasteiger partial charge in [-0.05, 0) is 112 Å². The van der Waals surface area contributed by atoms with E-state index < -0.39 is 41.0 Å². The van der Waals surface area contributed by atoms with E-state index in [9.17, 15) is 33.2 Å². The summed E-state index contributed by atoms with van der Waals surface area (Å²) in [7, 11) is 1.58. The number of hydrogen-bond donors (Lipinski definition) is 6. The molecular weight excluding hydrogens is 951 g/mol. The van der Waals surface area contributed by atoms with Gasteiger partial charge in [-0.3, -0.25) is 38.8 Å². The number of benzene rings is 3. The van der Waals surface area contributed by atoms with Gasteiger partial charge in [0.25, 0.3) is 11.8 Å². The molecule has 3 aliphatic rings. The summed E-state index contributed by atoms with van der Waals surface area (Å²) < 4.78 is 31.5. The molecule has 19 nitrogen and oxygen atoms in total. The Hall–Kier alpha value is -6.90. The number of primary amides is 1. The number of urea groups is 1. The van der Waals surface area contributed by atoms with E-state index in [2.05, 4.69) is 41.5 Å². The Labute approximate surface area is 423 Å². The van der Waals surface area contributed by atoms with Crippen LogP contribution in [0.25, 0.3) is 0 Å². The van der Waals surface area contributed by atoms with E-state index in [1.807, 2.05) is 19.1 Å². The number of nitrogens with zero attached hydrogens (tertiary/aromatic N) is 4. The molecule has 7 amide bonds. The van der Waals surface area contributed by atoms with E-state index in [0.717, 1.165) is 50.4 Å². The number of imide groups is 1. The highest BCUT2D eigenvalue weighted by Gasteiger charge is 2.51. The zero-order valence-corrected chi connectivity index (χ0v) is 41.5. The van der Waals surface area contributed by atoms with E-state index in [4.69, 9.17) is 31.5 Å². The van der Waals surface area contributed by atoms with Crippen LogP contribution in [0.15, 0.2) is 76.7 Å². The number of nitrogens with one attached hydrogen (secondary N) is 5. The van der Waals surface area contributed by atoms with Crippen LogP contribution in [-0.2, 0) is 35.3 Å². The number of carbonyl (C=O) groups excluding carboxylic acids is 6. The van der Waals surface area contributed by atoms with Gasteiger partial charge in [-0.1, -0.05) is 30.2 Å². The molecule has 3 aromatic carbocycles. The third kappa shape index (κ3) is 15.5. The topological polar surface area (TPSA) is 247 Å². The largest absolute Gasteiger partial charge is 0.493 e. The first-order valence-electron chi connectivity index (χ1n) is 24.2. The fourth-order valence-corrected chi connectivity index (χ4v) is 8.48. The summed E-state index contributed by atoms with van der Waals surface area (Å²) in [5.41, 5.74) is 7.14. The molecule has 0 spiro atoms. The lowest BCUT2D eigenvalue weighted by molar-refractivity contribution is -0.151. The number of aliphatic imine (C=N–C) groups is 2. The second-order valence-electron chi connectivity index (χ2n) is 17.7. The van der Waals surface area contributed by atoms with Gasteiger partial charge in [-0.2, -0.15) is 0 Å². The van der Waals surface area contributed by atoms with E-state index >= 15 is 0 Å². The van der Waals surface area contributed by atoms with Crippen molar-refractivity contribution in [3.8, 4) is 11.5 Å². The van der Waals surface area contributed by atoms with Gasteiger partial charge in [0.2, 0.25) is 17.7 Å². The number of nitrogens with two attached hydrogens (primary N) is 1. The normalized spacial score (nSPS) is 16.0. The third-order valence-corrected chi connectivity index (χ3v) is 12.9. The summed E-state index contributed by atoms with van der Waals surface area (Å²) in [4.78, 5) is 88.7. The second kappa shape index (κ2) is 27.1. The highest BCUT2D eigenvalue weighted by atomic mass is 35.5. The Kier molecular flexibility index (Phi) is 20.5. The Balaban J connectivity index is 1.07. The first-order chi connectivity index (χ1) is 34.8. The van der Waals surface area contributed by atoms with E-state index in [0.29, 0.717) is 92.4 Å². The lowest BCUT2D eigenvalue weighted by Crippen LogP contribution is -2.58. The van der Waals surface area contributed by atoms with Crippen LogP contribution in [0.4, 0.5) is 20.6 Å². The summed E-state index contributed by atoms with van der Waals surface area (Å²) in [5, 5.41) is 14.2. The minimum atomic E-state index is -1.34. The summed E-state index contributed by atoms with van der Waals surface area (Å²) >= 11 is 6.14. The second-order valence-corrected chi connectivity index (χ2v) is 18.1. The molecule has 1 saturated carbocycles. The summed E-state index contributed by atoms with van der Waals surface area (Å²) in [5.74, 6) is -1.25. The monoisotopic (exact) mass is 1010 g/mol. The molecule has 2 heterocycles. The molecule has 2 aliphatic heterocycles. The number of halogens is 2. The fourth-order valence-electron chi connectivity index (χ4n) is 8.30. The molecule has 72 heavy (non-hydrogen) atoms. The van der Waals surface area contributed by atoms with Crippen LogP contribution in [0.2, 0.25) is 5.02 Å². The fraction of sp³-hybridized carbons (Fsp3) is 0.451. The Bertz CT molecular complexity index is 2480. The van der Waals surface area contributed by atoms with Gasteiger partial charge in [0.15, 0.2) is 11.5 Å². The number of amidine groups is 1. The summed E-state index contributed by atoms with van der Waals surface area (Å²) in [6.45, 7) is 7.44. The molecule has 0 aromatic heterocycles. The first kappa shape index (κ1) is 54.4. The van der Waals surface area contributed by atoms with Crippen LogP contribution in [0.1, 0.15) is 74.5 Å². The van der Waals surface area contributed by atoms with Crippen molar-refractivity contribution in [1.82, 2.24) is 25.8 Å². The van der Waals surface area contributed by atoms with Gasteiger partial charge >= 0.3 is 6.03 Å². The minimum Gasteiger partial charge on any atom is -0.493 e. The van der Waals surface area contributed by atoms with Crippen LogP contribution >= 0.6 is 11.6 Å². The van der Waals surface area contributed by atoms with E-state index in [1.165, 1.54) is 35.5 Å². The van der Waals surface area contributed by atoms with E-state index in [1.54, 1.807) is 37.4 Å². The Morgan fingerprint density at radius 1 is 0.875 bits per heavy atom. The van der Waals surface area contributed by atoms with Gasteiger partial charge in [0.05, 0.1) is 38.5 Å². The number of unbranched alkanes of at least 4 members (excludes halogenated alkanes) is 2. The Morgan fingerprint density at radius 3 is 2.28 bits per heavy atom. The van der Waals surface area contributed by atoms with Gasteiger partial charge < -0.3 is 46.5 Å². The SMILES string of the molecule is COc1cc(C)c(C(=NC=NCc2ccc(NC(=O)[C@H](CCCNC(N)=O)NC(=O)C3(C(=O)NCCCCCN4C(=O)C=CC4=O)CCC3)cc2)Nc2ccc(F)c(Cl)c2)cc1OCCCN1CCOCC1. The molecule has 7 N–H and O–H groups in total. The molecule has 0 radical (unpaired) electrons. The highest BCUT2D eigenvalue weighted by Crippen LogP contribution is 2.42. The van der Waals surface area contributed by atoms with Crippen LogP contribution in [0.5, 0.6) is 11.5 Å². The maximum atomic E-state index is 14.1. The van der Waals surface area contributed by atoms with Gasteiger partial charge in [0, 0.05) is 68.4 Å². The van der Waals surface area contributed by atoms with Crippen molar-refractivity contribution >= 4 is 70.7 Å². The lowest BCUT2D eigenvalue weighted by Gasteiger charge is -2.39. The molecule has 1 saturated heterocycles. The molecule has 2 fully saturated rings. The molecule has 0 bridgehead atoms. The van der Waals surface area contributed by atoms with Crippen molar-refractivity contribution in [2.45, 2.75) is 77.3 Å². The predicted molar refractivity (Wildman–Crippen MR) is 272 cm³/mol. The maximum Gasteiger partial charge on any atom is 0.312 e. The highest BCUT2D eigenvalue weighted by molar-refractivity contribution is 6.31. The molecule has 21 heteroatoms. The van der Waals surface area contributed by atoms with Gasteiger partial charge in [0.1, 0.15) is 29.4 Å². The number of morpholine rings is 1. The molecule has 3 aromatic rings. The molecule has 0 unspecified atom stereocenters. The Morgan fingerprint density at radius 2 is 1.60 bits per heavy atom. The van der Waals surface area contributed by atoms with Gasteiger partial charge in [-0.25, -0.2) is 14.2 Å². The van der Waals surface area contributed by atoms with Crippen LogP contribution in [-0.4, -0.2) is 130 Å². The van der Waals surface area contributed by atoms with Crippen molar-refractivity contribution in [1.29, 1.82) is 0 Å². The third-order valence-electron chi connectivity index (χ3n) is 12.6. The quantitative estimate of drug-likeness (QED) is 0.0200. The molecule has 1 atom stereocenters. The zero-order valence-electron chi connectivity index (χ0n) is 40.7. The van der Waals surface area contributed by atoms with Crippen LogP contribution in [0, 0.1) is 18.2 Å². The molecular formula is C51H64ClFN10O9.